The molecule has 0 unspecified atom stereocenters. The van der Waals surface area contributed by atoms with Crippen molar-refractivity contribution in [3.8, 4) is 0 Å². The Bertz CT molecular complexity index is 632. The van der Waals surface area contributed by atoms with Crippen LogP contribution in [0.25, 0.3) is 0 Å². The monoisotopic (exact) mass is 347 g/mol. The second-order valence-electron chi connectivity index (χ2n) is 7.68. The minimum atomic E-state index is -0.177. The molecule has 1 aromatic heterocycles. The molecule has 3 rings (SSSR count). The highest BCUT2D eigenvalue weighted by molar-refractivity contribution is 5.84. The number of nitrogens with one attached hydrogen (secondary N) is 1. The van der Waals surface area contributed by atoms with E-state index in [0.29, 0.717) is 13.0 Å². The fraction of sp³-hybridized carbons (Fsp3) is 0.737. The Morgan fingerprint density at radius 2 is 2.08 bits per heavy atom. The number of esters is 1. The van der Waals surface area contributed by atoms with Crippen LogP contribution in [0.4, 0.5) is 0 Å². The summed E-state index contributed by atoms with van der Waals surface area (Å²) in [6.45, 7) is 0.563. The molecule has 0 bridgehead atoms. The number of carbonyl (C=O) groups is 2. The van der Waals surface area contributed by atoms with Gasteiger partial charge in [0.25, 0.3) is 0 Å². The molecule has 0 spiro atoms. The van der Waals surface area contributed by atoms with E-state index in [2.05, 4.69) is 10.4 Å². The van der Waals surface area contributed by atoms with Gasteiger partial charge in [-0.25, -0.2) is 0 Å². The van der Waals surface area contributed by atoms with Gasteiger partial charge in [0.05, 0.1) is 25.1 Å². The summed E-state index contributed by atoms with van der Waals surface area (Å²) in [7, 11) is 3.34. The van der Waals surface area contributed by atoms with Crippen molar-refractivity contribution in [2.24, 2.45) is 12.5 Å². The maximum Gasteiger partial charge on any atom is 0.306 e. The van der Waals surface area contributed by atoms with Crippen LogP contribution in [0.5, 0.6) is 0 Å². The molecular formula is C19H29N3O3. The Hall–Kier alpha value is -1.85. The zero-order chi connectivity index (χ0) is 17.9. The average molecular weight is 347 g/mol. The Kier molecular flexibility index (Phi) is 5.45. The van der Waals surface area contributed by atoms with Crippen molar-refractivity contribution >= 4 is 11.9 Å². The van der Waals surface area contributed by atoms with Gasteiger partial charge in [0.1, 0.15) is 0 Å². The van der Waals surface area contributed by atoms with Gasteiger partial charge in [-0.3, -0.25) is 14.3 Å². The fourth-order valence-corrected chi connectivity index (χ4v) is 4.43. The van der Waals surface area contributed by atoms with Crippen molar-refractivity contribution < 1.29 is 14.3 Å². The molecule has 0 radical (unpaired) electrons. The highest BCUT2D eigenvalue weighted by Gasteiger charge is 2.36. The summed E-state index contributed by atoms with van der Waals surface area (Å²) in [5.41, 5.74) is 1.97. The Labute approximate surface area is 149 Å². The van der Waals surface area contributed by atoms with Gasteiger partial charge in [-0.1, -0.05) is 19.3 Å². The largest absolute Gasteiger partial charge is 0.469 e. The van der Waals surface area contributed by atoms with Gasteiger partial charge in [-0.15, -0.1) is 0 Å². The summed E-state index contributed by atoms with van der Waals surface area (Å²) >= 11 is 0. The first-order chi connectivity index (χ1) is 12.0. The standard InChI is InChI=1S/C19H29N3O3/c1-22-12-15-14(7-6-8-16(15)21-22)18(24)20-13-19(11-17(23)25-2)9-4-3-5-10-19/h12,14H,3-11,13H2,1-2H3,(H,20,24)/t14-/m0/s1. The fourth-order valence-electron chi connectivity index (χ4n) is 4.43. The molecule has 0 aliphatic heterocycles. The van der Waals surface area contributed by atoms with E-state index in [4.69, 9.17) is 4.74 Å². The van der Waals surface area contributed by atoms with Gasteiger partial charge < -0.3 is 10.1 Å². The summed E-state index contributed by atoms with van der Waals surface area (Å²) in [5, 5.41) is 7.63. The van der Waals surface area contributed by atoms with Gasteiger partial charge >= 0.3 is 5.97 Å². The third-order valence-electron chi connectivity index (χ3n) is 5.83. The first-order valence-electron chi connectivity index (χ1n) is 9.40. The molecule has 1 atom stereocenters. The van der Waals surface area contributed by atoms with Crippen molar-refractivity contribution in [3.05, 3.63) is 17.5 Å². The van der Waals surface area contributed by atoms with Crippen molar-refractivity contribution in [1.29, 1.82) is 0 Å². The summed E-state index contributed by atoms with van der Waals surface area (Å²) in [4.78, 5) is 24.7. The molecule has 6 heteroatoms. The van der Waals surface area contributed by atoms with Gasteiger partial charge in [0, 0.05) is 25.4 Å². The highest BCUT2D eigenvalue weighted by Crippen LogP contribution is 2.39. The Balaban J connectivity index is 1.66. The SMILES string of the molecule is COC(=O)CC1(CNC(=O)[C@H]2CCCc3nn(C)cc32)CCCCC1. The predicted molar refractivity (Wildman–Crippen MR) is 94.0 cm³/mol. The van der Waals surface area contributed by atoms with Crippen LogP contribution in [0.1, 0.15) is 68.5 Å². The molecule has 6 nitrogen and oxygen atoms in total. The van der Waals surface area contributed by atoms with E-state index in [1.54, 1.807) is 4.68 Å². The smallest absolute Gasteiger partial charge is 0.306 e. The molecule has 1 aromatic rings. The quantitative estimate of drug-likeness (QED) is 0.831. The van der Waals surface area contributed by atoms with Crippen molar-refractivity contribution in [1.82, 2.24) is 15.1 Å². The normalized spacial score (nSPS) is 22.1. The number of hydrogen-bond donors (Lipinski definition) is 1. The van der Waals surface area contributed by atoms with Crippen LogP contribution in [0.15, 0.2) is 6.20 Å². The van der Waals surface area contributed by atoms with Crippen LogP contribution in [-0.2, 0) is 27.8 Å². The van der Waals surface area contributed by atoms with E-state index in [-0.39, 0.29) is 23.2 Å². The first-order valence-corrected chi connectivity index (χ1v) is 9.40. The number of methoxy groups -OCH3 is 1. The summed E-state index contributed by atoms with van der Waals surface area (Å²) in [5.74, 6) is -0.219. The first kappa shape index (κ1) is 18.0. The summed E-state index contributed by atoms with van der Waals surface area (Å²) in [6, 6.07) is 0. The maximum absolute atomic E-state index is 12.8. The van der Waals surface area contributed by atoms with E-state index < -0.39 is 0 Å². The van der Waals surface area contributed by atoms with Crippen LogP contribution in [0.2, 0.25) is 0 Å². The van der Waals surface area contributed by atoms with E-state index in [9.17, 15) is 9.59 Å². The van der Waals surface area contributed by atoms with E-state index in [1.807, 2.05) is 13.2 Å². The molecular weight excluding hydrogens is 318 g/mol. The van der Waals surface area contributed by atoms with E-state index in [1.165, 1.54) is 13.5 Å². The van der Waals surface area contributed by atoms with E-state index in [0.717, 1.165) is 56.2 Å². The lowest BCUT2D eigenvalue weighted by molar-refractivity contribution is -0.144. The molecule has 2 aliphatic rings. The summed E-state index contributed by atoms with van der Waals surface area (Å²) in [6.07, 6.45) is 10.6. The zero-order valence-electron chi connectivity index (χ0n) is 15.3. The van der Waals surface area contributed by atoms with Crippen molar-refractivity contribution in [2.45, 2.75) is 63.7 Å². The van der Waals surface area contributed by atoms with Crippen LogP contribution in [0, 0.1) is 5.41 Å². The average Bonchev–Trinajstić information content (AvgIpc) is 3.00. The minimum Gasteiger partial charge on any atom is -0.469 e. The number of carbonyl (C=O) groups excluding carboxylic acids is 2. The maximum atomic E-state index is 12.8. The second-order valence-corrected chi connectivity index (χ2v) is 7.68. The lowest BCUT2D eigenvalue weighted by Crippen LogP contribution is -2.42. The lowest BCUT2D eigenvalue weighted by Gasteiger charge is -2.37. The lowest BCUT2D eigenvalue weighted by atomic mass is 9.71. The number of ether oxygens (including phenoxy) is 1. The Morgan fingerprint density at radius 3 is 2.80 bits per heavy atom. The molecule has 1 fully saturated rings. The number of aromatic nitrogens is 2. The van der Waals surface area contributed by atoms with Crippen LogP contribution in [0.3, 0.4) is 0 Å². The topological polar surface area (TPSA) is 73.2 Å². The zero-order valence-corrected chi connectivity index (χ0v) is 15.3. The van der Waals surface area contributed by atoms with Gasteiger partial charge in [0.15, 0.2) is 0 Å². The van der Waals surface area contributed by atoms with Gasteiger partial charge in [-0.2, -0.15) is 5.10 Å². The van der Waals surface area contributed by atoms with Gasteiger partial charge in [0.2, 0.25) is 5.91 Å². The molecule has 138 valence electrons. The second kappa shape index (κ2) is 7.58. The number of nitrogens with zero attached hydrogens (tertiary/aromatic N) is 2. The molecule has 2 aliphatic carbocycles. The third kappa shape index (κ3) is 4.05. The van der Waals surface area contributed by atoms with E-state index >= 15 is 0 Å². The molecule has 25 heavy (non-hydrogen) atoms. The number of hydrogen-bond acceptors (Lipinski definition) is 4. The predicted octanol–water partition coefficient (Wildman–Crippen LogP) is 2.47. The van der Waals surface area contributed by atoms with Crippen LogP contribution >= 0.6 is 0 Å². The van der Waals surface area contributed by atoms with Crippen LogP contribution in [-0.4, -0.2) is 35.3 Å². The minimum absolute atomic E-state index is 0.0729. The molecule has 1 saturated carbocycles. The third-order valence-corrected chi connectivity index (χ3v) is 5.83. The van der Waals surface area contributed by atoms with Crippen molar-refractivity contribution in [3.63, 3.8) is 0 Å². The van der Waals surface area contributed by atoms with Crippen LogP contribution < -0.4 is 5.32 Å². The number of amides is 1. The number of aryl methyl sites for hydroxylation is 2. The highest BCUT2D eigenvalue weighted by atomic mass is 16.5. The van der Waals surface area contributed by atoms with Gasteiger partial charge in [-0.05, 0) is 37.5 Å². The van der Waals surface area contributed by atoms with Crippen molar-refractivity contribution in [2.75, 3.05) is 13.7 Å². The molecule has 0 aromatic carbocycles. The molecule has 1 amide bonds. The molecule has 1 heterocycles. The number of fused-ring (bicyclic) bond motifs is 1. The molecule has 0 saturated heterocycles. The molecule has 1 N–H and O–H groups in total. The Morgan fingerprint density at radius 1 is 1.32 bits per heavy atom. The summed E-state index contributed by atoms with van der Waals surface area (Å²) < 4.78 is 6.69. The number of rotatable bonds is 5.